The van der Waals surface area contributed by atoms with Gasteiger partial charge in [-0.2, -0.15) is 4.98 Å². The molecule has 0 fully saturated rings. The maximum atomic E-state index is 5.91. The van der Waals surface area contributed by atoms with E-state index in [0.29, 0.717) is 28.8 Å². The summed E-state index contributed by atoms with van der Waals surface area (Å²) in [6, 6.07) is 13.4. The molecule has 1 heterocycles. The zero-order chi connectivity index (χ0) is 14.8. The number of hydrogen-bond acceptors (Lipinski definition) is 4. The Morgan fingerprint density at radius 3 is 2.76 bits per heavy atom. The van der Waals surface area contributed by atoms with Crippen molar-refractivity contribution in [2.45, 2.75) is 13.3 Å². The van der Waals surface area contributed by atoms with Crippen LogP contribution in [0.15, 0.2) is 47.0 Å². The van der Waals surface area contributed by atoms with Crippen molar-refractivity contribution in [3.63, 3.8) is 0 Å². The summed E-state index contributed by atoms with van der Waals surface area (Å²) in [5.41, 5.74) is 9.43. The lowest BCUT2D eigenvalue weighted by Gasteiger charge is -2.01. The van der Waals surface area contributed by atoms with Crippen LogP contribution in [0.4, 0.5) is 5.69 Å². The Morgan fingerprint density at radius 1 is 1.19 bits per heavy atom. The number of nitrogens with two attached hydrogens (primary N) is 1. The number of halogens is 1. The molecule has 0 bridgehead atoms. The van der Waals surface area contributed by atoms with Crippen LogP contribution in [-0.2, 0) is 6.42 Å². The van der Waals surface area contributed by atoms with Gasteiger partial charge in [-0.3, -0.25) is 0 Å². The zero-order valence-corrected chi connectivity index (χ0v) is 12.3. The lowest BCUT2D eigenvalue weighted by molar-refractivity contribution is 0.424. The molecule has 0 aliphatic carbocycles. The summed E-state index contributed by atoms with van der Waals surface area (Å²) in [5, 5.41) is 4.53. The quantitative estimate of drug-likeness (QED) is 0.746. The predicted molar refractivity (Wildman–Crippen MR) is 83.1 cm³/mol. The van der Waals surface area contributed by atoms with E-state index in [1.54, 1.807) is 12.1 Å². The van der Waals surface area contributed by atoms with Crippen LogP contribution >= 0.6 is 11.6 Å². The molecule has 0 aliphatic rings. The number of aromatic nitrogens is 2. The highest BCUT2D eigenvalue weighted by Gasteiger charge is 2.11. The van der Waals surface area contributed by atoms with E-state index in [0.717, 1.165) is 5.56 Å². The molecule has 1 aromatic heterocycles. The van der Waals surface area contributed by atoms with Gasteiger partial charge in [0.25, 0.3) is 5.89 Å². The summed E-state index contributed by atoms with van der Waals surface area (Å²) in [7, 11) is 0. The summed E-state index contributed by atoms with van der Waals surface area (Å²) in [6.07, 6.45) is 0.638. The molecule has 0 saturated heterocycles. The van der Waals surface area contributed by atoms with Gasteiger partial charge in [-0.25, -0.2) is 0 Å². The predicted octanol–water partition coefficient (Wildman–Crippen LogP) is 3.87. The summed E-state index contributed by atoms with van der Waals surface area (Å²) in [4.78, 5) is 4.41. The third-order valence-electron chi connectivity index (χ3n) is 3.32. The van der Waals surface area contributed by atoms with E-state index in [1.807, 2.05) is 18.2 Å². The van der Waals surface area contributed by atoms with Gasteiger partial charge in [0.15, 0.2) is 5.82 Å². The Hall–Kier alpha value is -2.33. The van der Waals surface area contributed by atoms with Crippen molar-refractivity contribution in [2.75, 3.05) is 5.73 Å². The first-order valence-electron chi connectivity index (χ1n) is 6.56. The molecule has 106 valence electrons. The van der Waals surface area contributed by atoms with E-state index < -0.39 is 0 Å². The van der Waals surface area contributed by atoms with Crippen LogP contribution < -0.4 is 5.73 Å². The van der Waals surface area contributed by atoms with Crippen molar-refractivity contribution in [3.05, 3.63) is 64.4 Å². The van der Waals surface area contributed by atoms with Crippen LogP contribution in [0.2, 0.25) is 5.02 Å². The minimum Gasteiger partial charge on any atom is -0.398 e. The fourth-order valence-corrected chi connectivity index (χ4v) is 2.22. The van der Waals surface area contributed by atoms with Crippen LogP contribution in [0.3, 0.4) is 0 Å². The van der Waals surface area contributed by atoms with E-state index >= 15 is 0 Å². The lowest BCUT2D eigenvalue weighted by atomic mass is 10.1. The topological polar surface area (TPSA) is 64.9 Å². The largest absolute Gasteiger partial charge is 0.398 e. The van der Waals surface area contributed by atoms with Crippen molar-refractivity contribution in [2.24, 2.45) is 0 Å². The molecule has 0 aliphatic heterocycles. The molecule has 2 aromatic carbocycles. The highest BCUT2D eigenvalue weighted by molar-refractivity contribution is 6.33. The van der Waals surface area contributed by atoms with Gasteiger partial charge < -0.3 is 10.3 Å². The zero-order valence-electron chi connectivity index (χ0n) is 11.5. The average molecular weight is 300 g/mol. The molecular weight excluding hydrogens is 286 g/mol. The van der Waals surface area contributed by atoms with Gasteiger partial charge in [-0.15, -0.1) is 0 Å². The van der Waals surface area contributed by atoms with Crippen LogP contribution in [0.25, 0.3) is 11.5 Å². The molecule has 4 nitrogen and oxygen atoms in total. The van der Waals surface area contributed by atoms with E-state index in [-0.39, 0.29) is 0 Å². The van der Waals surface area contributed by atoms with Gasteiger partial charge >= 0.3 is 0 Å². The molecule has 0 radical (unpaired) electrons. The molecule has 5 heteroatoms. The number of nitrogen functional groups attached to an aromatic ring is 1. The molecule has 3 aromatic rings. The maximum Gasteiger partial charge on any atom is 0.258 e. The van der Waals surface area contributed by atoms with Crippen LogP contribution in [0.1, 0.15) is 17.0 Å². The Bertz CT molecular complexity index is 783. The smallest absolute Gasteiger partial charge is 0.258 e. The number of nitrogens with zero attached hydrogens (tertiary/aromatic N) is 2. The van der Waals surface area contributed by atoms with Gasteiger partial charge in [-0.05, 0) is 36.2 Å². The number of anilines is 1. The first-order chi connectivity index (χ1) is 10.1. The minimum atomic E-state index is 0.446. The highest BCUT2D eigenvalue weighted by atomic mass is 35.5. The summed E-state index contributed by atoms with van der Waals surface area (Å²) >= 11 is 5.91. The molecule has 2 N–H and O–H groups in total. The Morgan fingerprint density at radius 2 is 2.00 bits per heavy atom. The van der Waals surface area contributed by atoms with E-state index in [4.69, 9.17) is 21.9 Å². The van der Waals surface area contributed by atoms with Crippen molar-refractivity contribution in [1.29, 1.82) is 0 Å². The van der Waals surface area contributed by atoms with Gasteiger partial charge in [-0.1, -0.05) is 41.0 Å². The number of rotatable bonds is 3. The SMILES string of the molecule is Cc1ccccc1Cc1noc(-c2ccc(Cl)c(N)c2)n1. The number of hydrogen-bond donors (Lipinski definition) is 1. The van der Waals surface area contributed by atoms with Crippen molar-refractivity contribution >= 4 is 17.3 Å². The lowest BCUT2D eigenvalue weighted by Crippen LogP contribution is -1.93. The highest BCUT2D eigenvalue weighted by Crippen LogP contribution is 2.26. The van der Waals surface area contributed by atoms with Crippen LogP contribution in [0.5, 0.6) is 0 Å². The first kappa shape index (κ1) is 13.6. The molecule has 3 rings (SSSR count). The number of aryl methyl sites for hydroxylation is 1. The second kappa shape index (κ2) is 5.58. The normalized spacial score (nSPS) is 10.8. The second-order valence-electron chi connectivity index (χ2n) is 4.86. The second-order valence-corrected chi connectivity index (χ2v) is 5.26. The summed E-state index contributed by atoms with van der Waals surface area (Å²) in [5.74, 6) is 1.09. The maximum absolute atomic E-state index is 5.91. The average Bonchev–Trinajstić information content (AvgIpc) is 2.93. The monoisotopic (exact) mass is 299 g/mol. The molecule has 0 unspecified atom stereocenters. The molecule has 0 saturated carbocycles. The van der Waals surface area contributed by atoms with E-state index in [2.05, 4.69) is 29.2 Å². The molecular formula is C16H14ClN3O. The van der Waals surface area contributed by atoms with Gasteiger partial charge in [0.1, 0.15) is 0 Å². The van der Waals surface area contributed by atoms with Crippen molar-refractivity contribution in [1.82, 2.24) is 10.1 Å². The summed E-state index contributed by atoms with van der Waals surface area (Å²) < 4.78 is 5.30. The number of benzene rings is 2. The molecule has 0 amide bonds. The third kappa shape index (κ3) is 2.90. The molecule has 0 spiro atoms. The van der Waals surface area contributed by atoms with Crippen molar-refractivity contribution < 1.29 is 4.52 Å². The van der Waals surface area contributed by atoms with E-state index in [1.165, 1.54) is 11.1 Å². The van der Waals surface area contributed by atoms with E-state index in [9.17, 15) is 0 Å². The fourth-order valence-electron chi connectivity index (χ4n) is 2.10. The van der Waals surface area contributed by atoms with Crippen LogP contribution in [-0.4, -0.2) is 10.1 Å². The molecule has 0 atom stereocenters. The van der Waals surface area contributed by atoms with Crippen molar-refractivity contribution in [3.8, 4) is 11.5 Å². The molecule has 21 heavy (non-hydrogen) atoms. The third-order valence-corrected chi connectivity index (χ3v) is 3.67. The van der Waals surface area contributed by atoms with Crippen LogP contribution in [0, 0.1) is 6.92 Å². The minimum absolute atomic E-state index is 0.446. The van der Waals surface area contributed by atoms with Gasteiger partial charge in [0.05, 0.1) is 10.7 Å². The Kier molecular flexibility index (Phi) is 3.62. The van der Waals surface area contributed by atoms with Gasteiger partial charge in [0.2, 0.25) is 0 Å². The summed E-state index contributed by atoms with van der Waals surface area (Å²) in [6.45, 7) is 2.07. The Balaban J connectivity index is 1.86. The fraction of sp³-hybridized carbons (Fsp3) is 0.125. The Labute approximate surface area is 127 Å². The standard InChI is InChI=1S/C16H14ClN3O/c1-10-4-2-3-5-11(10)9-15-19-16(21-20-15)12-6-7-13(17)14(18)8-12/h2-8H,9,18H2,1H3. The van der Waals surface area contributed by atoms with Gasteiger partial charge in [0, 0.05) is 12.0 Å². The first-order valence-corrected chi connectivity index (χ1v) is 6.94.